The SMILES string of the molecule is CCCCCCCC/C=C\CCCCCCCC(=O)Oc1ccc(CC(=O)OCCC2CCN(CCC)CC2)cc1. The lowest BCUT2D eigenvalue weighted by molar-refractivity contribution is -0.143. The van der Waals surface area contributed by atoms with Gasteiger partial charge in [0.15, 0.2) is 0 Å². The molecule has 5 heteroatoms. The Hall–Kier alpha value is -2.14. The maximum atomic E-state index is 12.3. The van der Waals surface area contributed by atoms with Crippen molar-refractivity contribution >= 4 is 11.9 Å². The normalized spacial score (nSPS) is 14.5. The van der Waals surface area contributed by atoms with Crippen LogP contribution < -0.4 is 4.74 Å². The van der Waals surface area contributed by atoms with Crippen molar-refractivity contribution in [3.8, 4) is 5.75 Å². The van der Waals surface area contributed by atoms with Gasteiger partial charge in [-0.05, 0) is 101 Å². The molecule has 0 bridgehead atoms. The van der Waals surface area contributed by atoms with Gasteiger partial charge in [0.25, 0.3) is 0 Å². The smallest absolute Gasteiger partial charge is 0.311 e. The van der Waals surface area contributed by atoms with Crippen LogP contribution in [-0.4, -0.2) is 43.1 Å². The summed E-state index contributed by atoms with van der Waals surface area (Å²) >= 11 is 0. The van der Waals surface area contributed by atoms with Gasteiger partial charge in [0.2, 0.25) is 0 Å². The number of rotatable bonds is 23. The van der Waals surface area contributed by atoms with Crippen LogP contribution in [0.3, 0.4) is 0 Å². The number of esters is 2. The lowest BCUT2D eigenvalue weighted by Crippen LogP contribution is -2.34. The molecule has 1 saturated heterocycles. The van der Waals surface area contributed by atoms with Crippen molar-refractivity contribution in [3.05, 3.63) is 42.0 Å². The van der Waals surface area contributed by atoms with E-state index >= 15 is 0 Å². The number of likely N-dealkylation sites (tertiary alicyclic amines) is 1. The van der Waals surface area contributed by atoms with Gasteiger partial charge >= 0.3 is 11.9 Å². The second-order valence-electron chi connectivity index (χ2n) is 11.9. The number of carbonyl (C=O) groups is 2. The number of hydrogen-bond acceptors (Lipinski definition) is 5. The summed E-state index contributed by atoms with van der Waals surface area (Å²) in [5.74, 6) is 0.823. The standard InChI is InChI=1S/C36H59NO4/c1-3-5-6-7-8-9-10-11-12-13-14-15-16-17-18-19-35(38)41-34-22-20-33(21-23-34)31-36(39)40-30-26-32-24-28-37(27-4-2)29-25-32/h11-12,20-23,32H,3-10,13-19,24-31H2,1-2H3/b12-11-. The van der Waals surface area contributed by atoms with Gasteiger partial charge in [-0.15, -0.1) is 0 Å². The molecule has 0 aliphatic carbocycles. The lowest BCUT2D eigenvalue weighted by atomic mass is 9.94. The molecule has 0 N–H and O–H groups in total. The third-order valence-corrected chi connectivity index (χ3v) is 8.18. The average molecular weight is 570 g/mol. The molecule has 1 aliphatic rings. The van der Waals surface area contributed by atoms with E-state index in [0.29, 0.717) is 24.7 Å². The van der Waals surface area contributed by atoms with E-state index in [1.54, 1.807) is 12.1 Å². The Morgan fingerprint density at radius 3 is 2.02 bits per heavy atom. The summed E-state index contributed by atoms with van der Waals surface area (Å²) < 4.78 is 11.0. The fourth-order valence-electron chi connectivity index (χ4n) is 5.57. The van der Waals surface area contributed by atoms with Crippen LogP contribution in [0, 0.1) is 5.92 Å². The molecule has 5 nitrogen and oxygen atoms in total. The molecule has 1 aromatic rings. The maximum absolute atomic E-state index is 12.3. The molecular weight excluding hydrogens is 510 g/mol. The summed E-state index contributed by atoms with van der Waals surface area (Å²) in [6, 6.07) is 7.22. The molecule has 0 amide bonds. The van der Waals surface area contributed by atoms with Gasteiger partial charge in [-0.3, -0.25) is 9.59 Å². The van der Waals surface area contributed by atoms with Gasteiger partial charge in [-0.1, -0.05) is 89.5 Å². The van der Waals surface area contributed by atoms with E-state index in [0.717, 1.165) is 24.8 Å². The Bertz CT molecular complexity index is 826. The summed E-state index contributed by atoms with van der Waals surface area (Å²) in [7, 11) is 0. The van der Waals surface area contributed by atoms with Crippen molar-refractivity contribution in [2.75, 3.05) is 26.2 Å². The van der Waals surface area contributed by atoms with Crippen LogP contribution in [0.4, 0.5) is 0 Å². The van der Waals surface area contributed by atoms with Gasteiger partial charge in [-0.2, -0.15) is 0 Å². The number of piperidine rings is 1. The summed E-state index contributed by atoms with van der Waals surface area (Å²) in [4.78, 5) is 27.0. The molecule has 0 saturated carbocycles. The van der Waals surface area contributed by atoms with Crippen molar-refractivity contribution in [1.29, 1.82) is 0 Å². The molecule has 41 heavy (non-hydrogen) atoms. The second-order valence-corrected chi connectivity index (χ2v) is 11.9. The zero-order valence-electron chi connectivity index (χ0n) is 26.4. The van der Waals surface area contributed by atoms with Gasteiger partial charge in [0.05, 0.1) is 13.0 Å². The van der Waals surface area contributed by atoms with Gasteiger partial charge in [-0.25, -0.2) is 0 Å². The molecule has 0 spiro atoms. The Kier molecular flexibility index (Phi) is 20.0. The van der Waals surface area contributed by atoms with E-state index in [4.69, 9.17) is 9.47 Å². The quantitative estimate of drug-likeness (QED) is 0.0569. The summed E-state index contributed by atoms with van der Waals surface area (Å²) in [5, 5.41) is 0. The topological polar surface area (TPSA) is 55.8 Å². The highest BCUT2D eigenvalue weighted by molar-refractivity contribution is 5.73. The first-order valence-corrected chi connectivity index (χ1v) is 16.9. The highest BCUT2D eigenvalue weighted by Gasteiger charge is 2.19. The monoisotopic (exact) mass is 569 g/mol. The predicted molar refractivity (Wildman–Crippen MR) is 170 cm³/mol. The molecule has 1 heterocycles. The summed E-state index contributed by atoms with van der Waals surface area (Å²) in [5.41, 5.74) is 0.875. The zero-order chi connectivity index (χ0) is 29.4. The van der Waals surface area contributed by atoms with E-state index in [9.17, 15) is 9.59 Å². The molecule has 0 aromatic heterocycles. The first kappa shape index (κ1) is 35.1. The first-order valence-electron chi connectivity index (χ1n) is 16.9. The van der Waals surface area contributed by atoms with Crippen LogP contribution in [0.1, 0.15) is 135 Å². The van der Waals surface area contributed by atoms with E-state index in [-0.39, 0.29) is 18.4 Å². The number of allylic oxidation sites excluding steroid dienone is 2. The first-order chi connectivity index (χ1) is 20.1. The van der Waals surface area contributed by atoms with Gasteiger partial charge in [0.1, 0.15) is 5.75 Å². The van der Waals surface area contributed by atoms with Crippen molar-refractivity contribution < 1.29 is 19.1 Å². The number of unbranched alkanes of at least 4 members (excludes halogenated alkanes) is 11. The van der Waals surface area contributed by atoms with Gasteiger partial charge in [0, 0.05) is 6.42 Å². The van der Waals surface area contributed by atoms with E-state index < -0.39 is 0 Å². The van der Waals surface area contributed by atoms with Crippen LogP contribution in [0.15, 0.2) is 36.4 Å². The van der Waals surface area contributed by atoms with Crippen molar-refractivity contribution in [1.82, 2.24) is 4.90 Å². The fourth-order valence-corrected chi connectivity index (χ4v) is 5.57. The maximum Gasteiger partial charge on any atom is 0.311 e. The van der Waals surface area contributed by atoms with E-state index in [1.807, 2.05) is 12.1 Å². The molecule has 232 valence electrons. The second kappa shape index (κ2) is 23.4. The fraction of sp³-hybridized carbons (Fsp3) is 0.722. The number of carbonyl (C=O) groups excluding carboxylic acids is 2. The van der Waals surface area contributed by atoms with Crippen molar-refractivity contribution in [2.24, 2.45) is 5.92 Å². The van der Waals surface area contributed by atoms with Crippen molar-refractivity contribution in [2.45, 2.75) is 136 Å². The van der Waals surface area contributed by atoms with Crippen LogP contribution >= 0.6 is 0 Å². The number of benzene rings is 1. The Balaban J connectivity index is 1.44. The Morgan fingerprint density at radius 2 is 1.39 bits per heavy atom. The molecule has 1 fully saturated rings. The summed E-state index contributed by atoms with van der Waals surface area (Å²) in [6.45, 7) is 8.52. The zero-order valence-corrected chi connectivity index (χ0v) is 26.4. The minimum Gasteiger partial charge on any atom is -0.465 e. The minimum atomic E-state index is -0.192. The van der Waals surface area contributed by atoms with Crippen LogP contribution in [0.25, 0.3) is 0 Å². The van der Waals surface area contributed by atoms with E-state index in [1.165, 1.54) is 110 Å². The van der Waals surface area contributed by atoms with E-state index in [2.05, 4.69) is 30.9 Å². The number of nitrogens with zero attached hydrogens (tertiary/aromatic N) is 1. The largest absolute Gasteiger partial charge is 0.465 e. The lowest BCUT2D eigenvalue weighted by Gasteiger charge is -2.31. The molecule has 2 rings (SSSR count). The van der Waals surface area contributed by atoms with Crippen LogP contribution in [0.2, 0.25) is 0 Å². The Labute approximate surface area is 251 Å². The number of ether oxygens (including phenoxy) is 2. The third-order valence-electron chi connectivity index (χ3n) is 8.18. The molecule has 0 radical (unpaired) electrons. The van der Waals surface area contributed by atoms with Gasteiger partial charge < -0.3 is 14.4 Å². The summed E-state index contributed by atoms with van der Waals surface area (Å²) in [6.07, 6.45) is 26.1. The Morgan fingerprint density at radius 1 is 0.780 bits per heavy atom. The molecule has 1 aromatic carbocycles. The number of hydrogen-bond donors (Lipinski definition) is 0. The van der Waals surface area contributed by atoms with Crippen molar-refractivity contribution in [3.63, 3.8) is 0 Å². The highest BCUT2D eigenvalue weighted by atomic mass is 16.5. The third kappa shape index (κ3) is 18.1. The molecule has 1 aliphatic heterocycles. The van der Waals surface area contributed by atoms with Crippen LogP contribution in [0.5, 0.6) is 5.75 Å². The predicted octanol–water partition coefficient (Wildman–Crippen LogP) is 9.23. The molecule has 0 atom stereocenters. The highest BCUT2D eigenvalue weighted by Crippen LogP contribution is 2.21. The molecular formula is C36H59NO4. The molecule has 0 unspecified atom stereocenters. The van der Waals surface area contributed by atoms with Crippen LogP contribution in [-0.2, 0) is 20.7 Å². The minimum absolute atomic E-state index is 0.185. The average Bonchev–Trinajstić information content (AvgIpc) is 2.97.